The molecule has 2 atom stereocenters. The van der Waals surface area contributed by atoms with Crippen molar-refractivity contribution in [1.82, 2.24) is 0 Å². The van der Waals surface area contributed by atoms with Crippen LogP contribution in [-0.2, 0) is 14.3 Å². The van der Waals surface area contributed by atoms with Crippen LogP contribution in [0.2, 0.25) is 0 Å². The number of carboxylic acids is 1. The first-order valence-electron chi connectivity index (χ1n) is 7.47. The summed E-state index contributed by atoms with van der Waals surface area (Å²) in [5.74, 6) is -0.172. The summed E-state index contributed by atoms with van der Waals surface area (Å²) in [6.45, 7) is 7.00. The number of hydrogen-bond acceptors (Lipinski definition) is 4. The van der Waals surface area contributed by atoms with Crippen molar-refractivity contribution < 1.29 is 19.4 Å². The Hall–Kier alpha value is -1.10. The predicted octanol–water partition coefficient (Wildman–Crippen LogP) is 2.57. The molecule has 0 spiro atoms. The zero-order chi connectivity index (χ0) is 15.5. The topological polar surface area (TPSA) is 89.6 Å². The Bertz CT molecular complexity index is 292. The number of esters is 1. The van der Waals surface area contributed by atoms with E-state index in [1.165, 1.54) is 12.8 Å². The van der Waals surface area contributed by atoms with Crippen LogP contribution in [0.1, 0.15) is 59.3 Å². The smallest absolute Gasteiger partial charge is 0.320 e. The van der Waals surface area contributed by atoms with Crippen LogP contribution >= 0.6 is 0 Å². The van der Waals surface area contributed by atoms with Crippen molar-refractivity contribution in [3.05, 3.63) is 0 Å². The number of nitrogens with two attached hydrogens (primary N) is 1. The molecule has 0 aromatic heterocycles. The summed E-state index contributed by atoms with van der Waals surface area (Å²) in [5, 5.41) is 8.59. The van der Waals surface area contributed by atoms with Gasteiger partial charge in [0.1, 0.15) is 6.04 Å². The van der Waals surface area contributed by atoms with Gasteiger partial charge in [0.15, 0.2) is 0 Å². The molecule has 0 aromatic carbocycles. The van der Waals surface area contributed by atoms with Gasteiger partial charge in [-0.1, -0.05) is 40.0 Å². The molecule has 0 saturated carbocycles. The van der Waals surface area contributed by atoms with Gasteiger partial charge in [0.2, 0.25) is 0 Å². The number of carboxylic acid groups (broad SMARTS) is 1. The normalized spacial score (nSPS) is 14.1. The summed E-state index contributed by atoms with van der Waals surface area (Å²) in [4.78, 5) is 21.9. The fourth-order valence-electron chi connectivity index (χ4n) is 1.86. The van der Waals surface area contributed by atoms with Crippen LogP contribution in [0.5, 0.6) is 0 Å². The summed E-state index contributed by atoms with van der Waals surface area (Å²) < 4.78 is 5.08. The molecule has 20 heavy (non-hydrogen) atoms. The Labute approximate surface area is 121 Å². The van der Waals surface area contributed by atoms with E-state index in [9.17, 15) is 9.59 Å². The van der Waals surface area contributed by atoms with Gasteiger partial charge in [0.25, 0.3) is 0 Å². The van der Waals surface area contributed by atoms with Gasteiger partial charge >= 0.3 is 11.9 Å². The molecule has 0 saturated heterocycles. The number of aliphatic carboxylic acids is 1. The first-order valence-corrected chi connectivity index (χ1v) is 7.47. The molecule has 0 rings (SSSR count). The molecule has 0 aliphatic rings. The van der Waals surface area contributed by atoms with E-state index in [1.54, 1.807) is 0 Å². The van der Waals surface area contributed by atoms with Gasteiger partial charge in [0, 0.05) is 6.42 Å². The van der Waals surface area contributed by atoms with Crippen molar-refractivity contribution in [2.75, 3.05) is 6.61 Å². The van der Waals surface area contributed by atoms with Crippen molar-refractivity contribution in [2.45, 2.75) is 65.3 Å². The van der Waals surface area contributed by atoms with Crippen molar-refractivity contribution >= 4 is 11.9 Å². The molecule has 0 aromatic rings. The Balaban J connectivity index is 3.58. The SMILES string of the molecule is CC(C)CCCC(C)CCOC(=O)CCC(N)C(=O)O. The van der Waals surface area contributed by atoms with E-state index >= 15 is 0 Å². The van der Waals surface area contributed by atoms with Gasteiger partial charge in [0.05, 0.1) is 6.61 Å². The minimum atomic E-state index is -1.09. The van der Waals surface area contributed by atoms with Crippen LogP contribution < -0.4 is 5.73 Å². The van der Waals surface area contributed by atoms with E-state index in [0.29, 0.717) is 12.5 Å². The van der Waals surface area contributed by atoms with E-state index in [1.807, 2.05) is 0 Å². The largest absolute Gasteiger partial charge is 0.480 e. The first-order chi connectivity index (χ1) is 9.32. The fraction of sp³-hybridized carbons (Fsp3) is 0.867. The zero-order valence-electron chi connectivity index (χ0n) is 12.9. The molecule has 118 valence electrons. The molecule has 0 aliphatic heterocycles. The van der Waals surface area contributed by atoms with Crippen molar-refractivity contribution in [2.24, 2.45) is 17.6 Å². The maximum Gasteiger partial charge on any atom is 0.320 e. The lowest BCUT2D eigenvalue weighted by Gasteiger charge is -2.12. The van der Waals surface area contributed by atoms with Gasteiger partial charge in [-0.3, -0.25) is 9.59 Å². The molecule has 5 heteroatoms. The Morgan fingerprint density at radius 1 is 1.10 bits per heavy atom. The molecule has 0 heterocycles. The minimum Gasteiger partial charge on any atom is -0.480 e. The molecule has 0 aliphatic carbocycles. The van der Waals surface area contributed by atoms with Gasteiger partial charge in [-0.25, -0.2) is 0 Å². The van der Waals surface area contributed by atoms with E-state index < -0.39 is 12.0 Å². The first kappa shape index (κ1) is 18.9. The lowest BCUT2D eigenvalue weighted by Crippen LogP contribution is -2.30. The van der Waals surface area contributed by atoms with Crippen LogP contribution in [0, 0.1) is 11.8 Å². The average Bonchev–Trinajstić information content (AvgIpc) is 2.35. The van der Waals surface area contributed by atoms with Gasteiger partial charge in [-0.15, -0.1) is 0 Å². The van der Waals surface area contributed by atoms with Crippen LogP contribution in [0.4, 0.5) is 0 Å². The average molecular weight is 287 g/mol. The monoisotopic (exact) mass is 287 g/mol. The number of ether oxygens (including phenoxy) is 1. The van der Waals surface area contributed by atoms with Crippen molar-refractivity contribution in [3.8, 4) is 0 Å². The lowest BCUT2D eigenvalue weighted by atomic mass is 9.98. The van der Waals surface area contributed by atoms with Crippen molar-refractivity contribution in [3.63, 3.8) is 0 Å². The minimum absolute atomic E-state index is 0.0647. The van der Waals surface area contributed by atoms with E-state index in [4.69, 9.17) is 15.6 Å². The highest BCUT2D eigenvalue weighted by Gasteiger charge is 2.14. The summed E-state index contributed by atoms with van der Waals surface area (Å²) in [7, 11) is 0. The molecule has 0 amide bonds. The van der Waals surface area contributed by atoms with Crippen LogP contribution in [0.3, 0.4) is 0 Å². The summed E-state index contributed by atoms with van der Waals surface area (Å²) in [6.07, 6.45) is 4.64. The maximum atomic E-state index is 11.4. The Kier molecular flexibility index (Phi) is 10.1. The van der Waals surface area contributed by atoms with Gasteiger partial charge in [-0.05, 0) is 24.7 Å². The molecular formula is C15H29NO4. The van der Waals surface area contributed by atoms with Crippen molar-refractivity contribution in [1.29, 1.82) is 0 Å². The lowest BCUT2D eigenvalue weighted by molar-refractivity contribution is -0.144. The van der Waals surface area contributed by atoms with Gasteiger partial charge in [-0.2, -0.15) is 0 Å². The number of carbonyl (C=O) groups is 2. The third-order valence-electron chi connectivity index (χ3n) is 3.33. The highest BCUT2D eigenvalue weighted by Crippen LogP contribution is 2.15. The molecule has 0 bridgehead atoms. The van der Waals surface area contributed by atoms with E-state index in [2.05, 4.69) is 20.8 Å². The molecule has 0 radical (unpaired) electrons. The quantitative estimate of drug-likeness (QED) is 0.570. The third-order valence-corrected chi connectivity index (χ3v) is 3.33. The van der Waals surface area contributed by atoms with Crippen LogP contribution in [0.15, 0.2) is 0 Å². The second kappa shape index (κ2) is 10.7. The third kappa shape index (κ3) is 10.8. The molecule has 0 fully saturated rings. The second-order valence-corrected chi connectivity index (χ2v) is 5.92. The van der Waals surface area contributed by atoms with Gasteiger partial charge < -0.3 is 15.6 Å². The standard InChI is InChI=1S/C15H29NO4/c1-11(2)5-4-6-12(3)9-10-20-14(17)8-7-13(16)15(18)19/h11-13H,4-10,16H2,1-3H3,(H,18,19). The number of carbonyl (C=O) groups excluding carboxylic acids is 1. The molecule has 2 unspecified atom stereocenters. The summed E-state index contributed by atoms with van der Waals surface area (Å²) >= 11 is 0. The zero-order valence-corrected chi connectivity index (χ0v) is 12.9. The second-order valence-electron chi connectivity index (χ2n) is 5.92. The molecule has 5 nitrogen and oxygen atoms in total. The van der Waals surface area contributed by atoms with E-state index in [-0.39, 0.29) is 18.8 Å². The molecule has 3 N–H and O–H groups in total. The highest BCUT2D eigenvalue weighted by atomic mass is 16.5. The Morgan fingerprint density at radius 2 is 1.75 bits per heavy atom. The number of hydrogen-bond donors (Lipinski definition) is 2. The maximum absolute atomic E-state index is 11.4. The Morgan fingerprint density at radius 3 is 2.30 bits per heavy atom. The summed E-state index contributed by atoms with van der Waals surface area (Å²) in [6, 6.07) is -0.988. The fourth-order valence-corrected chi connectivity index (χ4v) is 1.86. The predicted molar refractivity (Wildman–Crippen MR) is 78.3 cm³/mol. The highest BCUT2D eigenvalue weighted by molar-refractivity contribution is 5.75. The van der Waals surface area contributed by atoms with Crippen LogP contribution in [-0.4, -0.2) is 29.7 Å². The van der Waals surface area contributed by atoms with Crippen LogP contribution in [0.25, 0.3) is 0 Å². The summed E-state index contributed by atoms with van der Waals surface area (Å²) in [5.41, 5.74) is 5.31. The molecular weight excluding hydrogens is 258 g/mol. The number of rotatable bonds is 11. The van der Waals surface area contributed by atoms with E-state index in [0.717, 1.165) is 18.8 Å².